The molecule has 6 unspecified atom stereocenters. The van der Waals surface area contributed by atoms with Crippen LogP contribution in [-0.2, 0) is 0 Å². The van der Waals surface area contributed by atoms with E-state index >= 15 is 0 Å². The van der Waals surface area contributed by atoms with Gasteiger partial charge in [0.1, 0.15) is 25.9 Å². The molecule has 0 bridgehead atoms. The second-order valence-corrected chi connectivity index (χ2v) is 16.0. The summed E-state index contributed by atoms with van der Waals surface area (Å²) >= 11 is 70.5. The van der Waals surface area contributed by atoms with Crippen LogP contribution in [0.15, 0.2) is 18.2 Å². The van der Waals surface area contributed by atoms with Crippen molar-refractivity contribution >= 4 is 213 Å². The molecule has 0 aliphatic rings. The van der Waals surface area contributed by atoms with Gasteiger partial charge in [0.25, 0.3) is 0 Å². The van der Waals surface area contributed by atoms with Crippen LogP contribution < -0.4 is 31.9 Å². The van der Waals surface area contributed by atoms with Crippen molar-refractivity contribution in [3.8, 4) is 0 Å². The zero-order chi connectivity index (χ0) is 30.0. The standard InChI is InChI=1S/C18H24N6S15/c25-10(22-16(34)35)7(19-13(28)29)4-1-5(8(20-14(30)31)11(26)23-17(36)37)3-6(2-4)9(21-15(32)33)12(27)24-18(38)39/h1-3,7-12,25-27H,(H2,19,28,29)(H2,20,30,31)(H2,21,32,33)(H2,22,34,35)(H2,23,36,37)(H2,24,38,39). The summed E-state index contributed by atoms with van der Waals surface area (Å²) in [4.78, 5) is 0. The molecular weight excluding hydrogens is 781 g/mol. The molecule has 0 aliphatic carbocycles. The second-order valence-electron chi connectivity index (χ2n) is 7.40. The van der Waals surface area contributed by atoms with Crippen molar-refractivity contribution in [3.63, 3.8) is 0 Å². The molecule has 1 aromatic rings. The van der Waals surface area contributed by atoms with Crippen molar-refractivity contribution in [2.24, 2.45) is 0 Å². The number of rotatable bonds is 12. The van der Waals surface area contributed by atoms with Crippen LogP contribution >= 0.6 is 187 Å². The fourth-order valence-electron chi connectivity index (χ4n) is 3.30. The van der Waals surface area contributed by atoms with Crippen LogP contribution in [0.2, 0.25) is 0 Å². The Balaban J connectivity index is 3.96. The predicted octanol–water partition coefficient (Wildman–Crippen LogP) is 4.40. The Kier molecular flexibility index (Phi) is 19.0. The number of hydrogen-bond donors (Lipinski definition) is 15. The van der Waals surface area contributed by atoms with E-state index in [2.05, 4.69) is 108 Å². The van der Waals surface area contributed by atoms with E-state index in [4.69, 9.17) is 111 Å². The van der Waals surface area contributed by atoms with E-state index in [-0.39, 0.29) is 25.9 Å². The molecule has 0 aromatic heterocycles. The minimum absolute atomic E-state index is 0.235. The summed E-state index contributed by atoms with van der Waals surface area (Å²) in [6.07, 6.45) is 0. The van der Waals surface area contributed by atoms with Crippen LogP contribution in [0.3, 0.4) is 0 Å². The van der Waals surface area contributed by atoms with Gasteiger partial charge < -0.3 is 31.9 Å². The van der Waals surface area contributed by atoms with Gasteiger partial charge in [-0.2, -0.15) is 37.9 Å². The van der Waals surface area contributed by atoms with E-state index in [1.54, 1.807) is 0 Å². The highest BCUT2D eigenvalue weighted by Crippen LogP contribution is 2.32. The van der Waals surface area contributed by atoms with E-state index in [1.807, 2.05) is 18.2 Å². The van der Waals surface area contributed by atoms with E-state index in [0.29, 0.717) is 0 Å². The highest BCUT2D eigenvalue weighted by Gasteiger charge is 2.29. The number of benzene rings is 1. The summed E-state index contributed by atoms with van der Waals surface area (Å²) in [5.41, 5.74) is 2.19. The zero-order valence-electron chi connectivity index (χ0n) is 19.2. The normalized spacial score (nSPS) is 15.3. The Morgan fingerprint density at radius 3 is 0.744 bits per heavy atom. The molecule has 0 amide bonds. The largest absolute Gasteiger partial charge is 0.361 e. The molecule has 6 atom stereocenters. The molecule has 0 aliphatic heterocycles. The molecule has 0 saturated carbocycles. The molecule has 6 nitrogen and oxygen atoms in total. The Bertz CT molecular complexity index is 955. The lowest BCUT2D eigenvalue weighted by Gasteiger charge is -2.32. The first-order chi connectivity index (χ1) is 18.0. The first-order valence-corrected chi connectivity index (χ1v) is 16.9. The molecular formula is C18H24N6S15. The summed E-state index contributed by atoms with van der Waals surface area (Å²) < 4.78 is 1.43. The third-order valence-corrected chi connectivity index (χ3v) is 7.44. The van der Waals surface area contributed by atoms with Crippen molar-refractivity contribution in [3.05, 3.63) is 34.9 Å². The van der Waals surface area contributed by atoms with Crippen molar-refractivity contribution < 1.29 is 0 Å². The van der Waals surface area contributed by atoms with Gasteiger partial charge in [0.15, 0.2) is 0 Å². The third kappa shape index (κ3) is 14.8. The Hall–Kier alpha value is 1.71. The molecule has 0 radical (unpaired) electrons. The van der Waals surface area contributed by atoms with Crippen molar-refractivity contribution in [2.45, 2.75) is 34.2 Å². The van der Waals surface area contributed by atoms with E-state index in [9.17, 15) is 0 Å². The fourth-order valence-corrected chi connectivity index (χ4v) is 6.59. The van der Waals surface area contributed by atoms with Crippen LogP contribution in [0.4, 0.5) is 0 Å². The van der Waals surface area contributed by atoms with E-state index < -0.39 is 34.2 Å². The van der Waals surface area contributed by atoms with Gasteiger partial charge in [-0.3, -0.25) is 0 Å². The molecule has 0 spiro atoms. The predicted molar refractivity (Wildman–Crippen MR) is 221 cm³/mol. The van der Waals surface area contributed by atoms with Crippen molar-refractivity contribution in [2.75, 3.05) is 0 Å². The first kappa shape index (κ1) is 38.7. The maximum atomic E-state index is 5.24. The number of nitrogens with one attached hydrogen (secondary N) is 6. The lowest BCUT2D eigenvalue weighted by atomic mass is 9.93. The second kappa shape index (κ2) is 19.2. The SMILES string of the molecule is S=C(S)NC(S)C(NC(=S)S)c1cc(C(NC(=S)S)C(S)NC(=S)S)cc(C(NC(=S)S)C(S)NC(=S)S)c1. The van der Waals surface area contributed by atoms with Gasteiger partial charge in [0.2, 0.25) is 0 Å². The molecule has 21 heteroatoms. The maximum absolute atomic E-state index is 5.24. The van der Waals surface area contributed by atoms with E-state index in [1.165, 1.54) is 0 Å². The third-order valence-electron chi connectivity index (χ3n) is 4.68. The monoisotopic (exact) mass is 804 g/mol. The average molecular weight is 805 g/mol. The van der Waals surface area contributed by atoms with Gasteiger partial charge in [0.05, 0.1) is 34.2 Å². The number of hydrogen-bond acceptors (Lipinski definition) is 9. The van der Waals surface area contributed by atoms with E-state index in [0.717, 1.165) is 16.7 Å². The van der Waals surface area contributed by atoms with Crippen molar-refractivity contribution in [1.82, 2.24) is 31.9 Å². The summed E-state index contributed by atoms with van der Waals surface area (Å²) in [6.45, 7) is 0. The van der Waals surface area contributed by atoms with Crippen LogP contribution in [0.5, 0.6) is 0 Å². The minimum Gasteiger partial charge on any atom is -0.361 e. The number of thiocarbonyl (C=S) groups is 6. The number of thiol groups is 9. The smallest absolute Gasteiger partial charge is 0.131 e. The summed E-state index contributed by atoms with van der Waals surface area (Å²) in [5, 5.41) is 16.7. The van der Waals surface area contributed by atoms with Gasteiger partial charge in [-0.05, 0) is 16.7 Å². The minimum atomic E-state index is -0.567. The van der Waals surface area contributed by atoms with Gasteiger partial charge in [-0.1, -0.05) is 91.5 Å². The molecule has 1 aromatic carbocycles. The molecule has 0 fully saturated rings. The van der Waals surface area contributed by atoms with Crippen LogP contribution in [-0.4, -0.2) is 42.0 Å². The van der Waals surface area contributed by atoms with Crippen LogP contribution in [0.25, 0.3) is 0 Å². The Morgan fingerprint density at radius 2 is 0.590 bits per heavy atom. The molecule has 1 rings (SSSR count). The molecule has 39 heavy (non-hydrogen) atoms. The summed E-state index contributed by atoms with van der Waals surface area (Å²) in [6, 6.07) is 4.12. The zero-order valence-corrected chi connectivity index (χ0v) is 32.1. The molecule has 0 heterocycles. The van der Waals surface area contributed by atoms with Crippen molar-refractivity contribution in [1.29, 1.82) is 0 Å². The Labute approximate surface area is 310 Å². The van der Waals surface area contributed by atoms with Crippen LogP contribution in [0, 0.1) is 0 Å². The van der Waals surface area contributed by atoms with Gasteiger partial charge in [-0.15, -0.1) is 75.8 Å². The van der Waals surface area contributed by atoms with Gasteiger partial charge in [-0.25, -0.2) is 0 Å². The first-order valence-electron chi connectivity index (χ1n) is 10.2. The van der Waals surface area contributed by atoms with Gasteiger partial charge >= 0.3 is 0 Å². The van der Waals surface area contributed by atoms with Crippen LogP contribution in [0.1, 0.15) is 34.8 Å². The molecule has 0 saturated heterocycles. The van der Waals surface area contributed by atoms with Gasteiger partial charge in [0, 0.05) is 0 Å². The Morgan fingerprint density at radius 1 is 0.410 bits per heavy atom. The highest BCUT2D eigenvalue weighted by molar-refractivity contribution is 8.12. The molecule has 6 N–H and O–H groups in total. The highest BCUT2D eigenvalue weighted by atomic mass is 32.2. The lowest BCUT2D eigenvalue weighted by molar-refractivity contribution is 0.570. The topological polar surface area (TPSA) is 72.2 Å². The summed E-state index contributed by atoms with van der Waals surface area (Å²) in [7, 11) is 0. The summed E-state index contributed by atoms with van der Waals surface area (Å²) in [5.74, 6) is 0. The average Bonchev–Trinajstić information content (AvgIpc) is 2.77. The molecule has 216 valence electrons. The maximum Gasteiger partial charge on any atom is 0.131 e. The fraction of sp³-hybridized carbons (Fsp3) is 0.333. The quantitative estimate of drug-likeness (QED) is 0.0843. The lowest BCUT2D eigenvalue weighted by Crippen LogP contribution is -2.43.